The van der Waals surface area contributed by atoms with Crippen LogP contribution in [0.3, 0.4) is 0 Å². The molecule has 1 aromatic rings. The molecule has 5 nitrogen and oxygen atoms in total. The van der Waals surface area contributed by atoms with E-state index in [1.807, 2.05) is 31.2 Å². The van der Waals surface area contributed by atoms with Crippen LogP contribution >= 0.6 is 0 Å². The van der Waals surface area contributed by atoms with Crippen LogP contribution < -0.4 is 5.32 Å². The summed E-state index contributed by atoms with van der Waals surface area (Å²) in [7, 11) is 1.40. The highest BCUT2D eigenvalue weighted by Gasteiger charge is 2.38. The molecule has 2 aliphatic rings. The van der Waals surface area contributed by atoms with Crippen LogP contribution in [0, 0.1) is 17.8 Å². The van der Waals surface area contributed by atoms with Crippen molar-refractivity contribution in [2.24, 2.45) is 17.8 Å². The molecule has 0 amide bonds. The number of hydrogen-bond donors (Lipinski definition) is 1. The average Bonchev–Trinajstić information content (AvgIpc) is 2.67. The van der Waals surface area contributed by atoms with Crippen LogP contribution in [0.5, 0.6) is 0 Å². The van der Waals surface area contributed by atoms with E-state index in [0.29, 0.717) is 29.9 Å². The summed E-state index contributed by atoms with van der Waals surface area (Å²) in [5.41, 5.74) is 1.85. The van der Waals surface area contributed by atoms with Crippen LogP contribution in [0.1, 0.15) is 48.5 Å². The van der Waals surface area contributed by atoms with E-state index in [9.17, 15) is 9.59 Å². The molecule has 0 radical (unpaired) electrons. The van der Waals surface area contributed by atoms with Crippen LogP contribution in [-0.4, -0.2) is 38.2 Å². The van der Waals surface area contributed by atoms with E-state index in [1.54, 1.807) is 0 Å². The second-order valence-corrected chi connectivity index (χ2v) is 7.54. The zero-order valence-corrected chi connectivity index (χ0v) is 15.7. The van der Waals surface area contributed by atoms with Gasteiger partial charge in [-0.1, -0.05) is 12.1 Å². The Hall–Kier alpha value is -1.88. The van der Waals surface area contributed by atoms with Gasteiger partial charge in [0, 0.05) is 0 Å². The van der Waals surface area contributed by atoms with Crippen LogP contribution in [-0.2, 0) is 20.7 Å². The molecule has 1 aliphatic heterocycles. The van der Waals surface area contributed by atoms with Crippen molar-refractivity contribution in [1.29, 1.82) is 0 Å². The lowest BCUT2D eigenvalue weighted by atomic mass is 9.68. The lowest BCUT2D eigenvalue weighted by Gasteiger charge is -2.42. The average molecular weight is 359 g/mol. The lowest BCUT2D eigenvalue weighted by molar-refractivity contribution is -0.147. The minimum atomic E-state index is -0.295. The van der Waals surface area contributed by atoms with Crippen LogP contribution in [0.2, 0.25) is 0 Å². The summed E-state index contributed by atoms with van der Waals surface area (Å²) in [6.07, 6.45) is 5.54. The maximum absolute atomic E-state index is 12.0. The number of benzene rings is 1. The third-order valence-electron chi connectivity index (χ3n) is 5.88. The first-order chi connectivity index (χ1) is 12.6. The zero-order chi connectivity index (χ0) is 18.5. The Balaban J connectivity index is 1.56. The Kier molecular flexibility index (Phi) is 6.30. The van der Waals surface area contributed by atoms with Crippen molar-refractivity contribution >= 4 is 11.9 Å². The summed E-state index contributed by atoms with van der Waals surface area (Å²) in [4.78, 5) is 23.6. The zero-order valence-electron chi connectivity index (χ0n) is 15.7. The van der Waals surface area contributed by atoms with Crippen molar-refractivity contribution in [3.05, 3.63) is 35.4 Å². The Morgan fingerprint density at radius 1 is 1.12 bits per heavy atom. The van der Waals surface area contributed by atoms with E-state index in [2.05, 4.69) is 5.32 Å². The normalized spacial score (nSPS) is 28.1. The molecule has 26 heavy (non-hydrogen) atoms. The first-order valence-electron chi connectivity index (χ1n) is 9.68. The number of ether oxygens (including phenoxy) is 2. The quantitative estimate of drug-likeness (QED) is 0.819. The number of hydrogen-bond acceptors (Lipinski definition) is 5. The third-order valence-corrected chi connectivity index (χ3v) is 5.88. The molecular weight excluding hydrogens is 330 g/mol. The van der Waals surface area contributed by atoms with E-state index >= 15 is 0 Å². The number of nitrogens with one attached hydrogen (secondary N) is 1. The van der Waals surface area contributed by atoms with Gasteiger partial charge in [0.1, 0.15) is 6.04 Å². The highest BCUT2D eigenvalue weighted by atomic mass is 16.5. The van der Waals surface area contributed by atoms with Gasteiger partial charge in [0.25, 0.3) is 0 Å². The van der Waals surface area contributed by atoms with Gasteiger partial charge in [-0.3, -0.25) is 4.79 Å². The topological polar surface area (TPSA) is 64.6 Å². The second kappa shape index (κ2) is 8.67. The largest absolute Gasteiger partial charge is 0.465 e. The van der Waals surface area contributed by atoms with E-state index < -0.39 is 0 Å². The summed E-state index contributed by atoms with van der Waals surface area (Å²) in [6.45, 7) is 3.22. The maximum atomic E-state index is 12.0. The Bertz CT molecular complexity index is 627. The number of rotatable bonds is 5. The highest BCUT2D eigenvalue weighted by Crippen LogP contribution is 2.39. The predicted molar refractivity (Wildman–Crippen MR) is 98.8 cm³/mol. The summed E-state index contributed by atoms with van der Waals surface area (Å²) in [6, 6.07) is 7.60. The molecule has 5 heteroatoms. The van der Waals surface area contributed by atoms with Crippen molar-refractivity contribution in [1.82, 2.24) is 5.32 Å². The molecule has 142 valence electrons. The first-order valence-corrected chi connectivity index (χ1v) is 9.68. The van der Waals surface area contributed by atoms with Gasteiger partial charge in [0.15, 0.2) is 0 Å². The van der Waals surface area contributed by atoms with Gasteiger partial charge < -0.3 is 14.8 Å². The van der Waals surface area contributed by atoms with Gasteiger partial charge in [-0.25, -0.2) is 4.79 Å². The molecule has 3 rings (SSSR count). The van der Waals surface area contributed by atoms with E-state index in [1.165, 1.54) is 31.9 Å². The van der Waals surface area contributed by atoms with E-state index in [4.69, 9.17) is 9.47 Å². The fourth-order valence-corrected chi connectivity index (χ4v) is 4.50. The molecule has 1 saturated carbocycles. The number of methoxy groups -OCH3 is 1. The van der Waals surface area contributed by atoms with Crippen molar-refractivity contribution in [3.8, 4) is 0 Å². The number of carbonyl (C=O) groups is 2. The first kappa shape index (κ1) is 18.9. The molecule has 1 saturated heterocycles. The molecule has 1 N–H and O–H groups in total. The molecule has 1 aromatic carbocycles. The number of esters is 2. The minimum Gasteiger partial charge on any atom is -0.465 e. The van der Waals surface area contributed by atoms with Gasteiger partial charge in [0.05, 0.1) is 19.3 Å². The Labute approximate surface area is 155 Å². The maximum Gasteiger partial charge on any atom is 0.337 e. The summed E-state index contributed by atoms with van der Waals surface area (Å²) in [5, 5.41) is 3.37. The van der Waals surface area contributed by atoms with Crippen molar-refractivity contribution < 1.29 is 19.1 Å². The number of carbonyl (C=O) groups excluding carboxylic acids is 2. The fraction of sp³-hybridized carbons (Fsp3) is 0.619. The monoisotopic (exact) mass is 359 g/mol. The molecule has 0 bridgehead atoms. The Morgan fingerprint density at radius 3 is 2.58 bits per heavy atom. The van der Waals surface area contributed by atoms with Crippen molar-refractivity contribution in [3.63, 3.8) is 0 Å². The fourth-order valence-electron chi connectivity index (χ4n) is 4.50. The standard InChI is InChI=1S/C21H29NO4/c1-3-26-21(24)19-12-18-11-15(6-9-17(18)13-22-19)10-14-4-7-16(8-5-14)20(23)25-2/h4-5,7-8,15,17-19,22H,3,6,9-13H2,1-2H3/t15-,17+,18-,19+/m1/s1. The minimum absolute atomic E-state index is 0.105. The van der Waals surface area contributed by atoms with Gasteiger partial charge in [-0.05, 0) is 81.0 Å². The predicted octanol–water partition coefficient (Wildman–Crippen LogP) is 2.97. The molecule has 0 spiro atoms. The number of piperidine rings is 1. The molecule has 1 heterocycles. The lowest BCUT2D eigenvalue weighted by Crippen LogP contribution is -2.50. The Morgan fingerprint density at radius 2 is 1.88 bits per heavy atom. The molecular formula is C21H29NO4. The van der Waals surface area contributed by atoms with Gasteiger partial charge in [-0.2, -0.15) is 0 Å². The van der Waals surface area contributed by atoms with Gasteiger partial charge in [-0.15, -0.1) is 0 Å². The van der Waals surface area contributed by atoms with Crippen molar-refractivity contribution in [2.75, 3.05) is 20.3 Å². The summed E-state index contributed by atoms with van der Waals surface area (Å²) in [5.74, 6) is 1.52. The van der Waals surface area contributed by atoms with Gasteiger partial charge in [0.2, 0.25) is 0 Å². The molecule has 4 atom stereocenters. The smallest absolute Gasteiger partial charge is 0.337 e. The van der Waals surface area contributed by atoms with Crippen LogP contribution in [0.15, 0.2) is 24.3 Å². The molecule has 2 fully saturated rings. The van der Waals surface area contributed by atoms with Crippen LogP contribution in [0.25, 0.3) is 0 Å². The summed E-state index contributed by atoms with van der Waals surface area (Å²) >= 11 is 0. The van der Waals surface area contributed by atoms with E-state index in [-0.39, 0.29) is 18.0 Å². The number of fused-ring (bicyclic) bond motifs is 1. The highest BCUT2D eigenvalue weighted by molar-refractivity contribution is 5.89. The molecule has 0 aromatic heterocycles. The van der Waals surface area contributed by atoms with Gasteiger partial charge >= 0.3 is 11.9 Å². The van der Waals surface area contributed by atoms with E-state index in [0.717, 1.165) is 19.4 Å². The third kappa shape index (κ3) is 4.44. The summed E-state index contributed by atoms with van der Waals surface area (Å²) < 4.78 is 9.93. The van der Waals surface area contributed by atoms with Crippen molar-refractivity contribution in [2.45, 2.75) is 45.1 Å². The van der Waals surface area contributed by atoms with Crippen LogP contribution in [0.4, 0.5) is 0 Å². The molecule has 0 unspecified atom stereocenters. The SMILES string of the molecule is CCOC(=O)[C@@H]1C[C@H]2C[C@@H](Cc3ccc(C(=O)OC)cc3)CC[C@H]2CN1. The molecule has 1 aliphatic carbocycles. The second-order valence-electron chi connectivity index (χ2n) is 7.54.